The zero-order chi connectivity index (χ0) is 21.8. The van der Waals surface area contributed by atoms with Crippen molar-refractivity contribution in [1.29, 1.82) is 0 Å². The number of hydrogen-bond donors (Lipinski definition) is 1. The third-order valence-electron chi connectivity index (χ3n) is 6.32. The average Bonchev–Trinajstić information content (AvgIpc) is 3.30. The molecular formula is C27H27N3O2. The van der Waals surface area contributed by atoms with E-state index in [0.717, 1.165) is 54.6 Å². The van der Waals surface area contributed by atoms with Crippen LogP contribution in [-0.4, -0.2) is 30.5 Å². The number of nitrogens with zero attached hydrogens (tertiary/aromatic N) is 2. The topological polar surface area (TPSA) is 58.4 Å². The molecule has 1 aliphatic heterocycles. The summed E-state index contributed by atoms with van der Waals surface area (Å²) in [6.45, 7) is 2.82. The van der Waals surface area contributed by atoms with Crippen molar-refractivity contribution in [3.05, 3.63) is 84.7 Å². The van der Waals surface area contributed by atoms with Crippen molar-refractivity contribution in [3.63, 3.8) is 0 Å². The predicted octanol–water partition coefficient (Wildman–Crippen LogP) is 5.53. The number of carbonyl (C=O) groups excluding carboxylic acids is 1. The zero-order valence-electron chi connectivity index (χ0n) is 18.0. The molecule has 2 aromatic carbocycles. The van der Waals surface area contributed by atoms with E-state index in [4.69, 9.17) is 4.42 Å². The molecule has 5 rings (SSSR count). The van der Waals surface area contributed by atoms with Gasteiger partial charge in [-0.25, -0.2) is 0 Å². The van der Waals surface area contributed by atoms with Crippen molar-refractivity contribution in [1.82, 2.24) is 10.3 Å². The van der Waals surface area contributed by atoms with Gasteiger partial charge in [0.05, 0.1) is 0 Å². The highest BCUT2D eigenvalue weighted by molar-refractivity contribution is 5.95. The minimum absolute atomic E-state index is 0.0304. The van der Waals surface area contributed by atoms with E-state index in [0.29, 0.717) is 18.0 Å². The molecule has 5 nitrogen and oxygen atoms in total. The Kier molecular flexibility index (Phi) is 5.88. The highest BCUT2D eigenvalue weighted by Gasteiger charge is 2.19. The number of benzene rings is 2. The smallest absolute Gasteiger partial charge is 0.251 e. The summed E-state index contributed by atoms with van der Waals surface area (Å²) in [4.78, 5) is 19.2. The van der Waals surface area contributed by atoms with Crippen LogP contribution in [0.5, 0.6) is 0 Å². The quantitative estimate of drug-likeness (QED) is 0.441. The lowest BCUT2D eigenvalue weighted by molar-refractivity contribution is 0.0950. The maximum atomic E-state index is 12.7. The number of pyridine rings is 1. The number of fused-ring (bicyclic) bond motifs is 1. The van der Waals surface area contributed by atoms with Crippen LogP contribution in [0.4, 0.5) is 5.69 Å². The van der Waals surface area contributed by atoms with Crippen LogP contribution in [0.1, 0.15) is 29.6 Å². The van der Waals surface area contributed by atoms with Gasteiger partial charge in [-0.15, -0.1) is 0 Å². The molecule has 0 unspecified atom stereocenters. The van der Waals surface area contributed by atoms with Gasteiger partial charge in [0.2, 0.25) is 0 Å². The second-order valence-electron chi connectivity index (χ2n) is 8.41. The summed E-state index contributed by atoms with van der Waals surface area (Å²) in [5, 5.41) is 4.17. The summed E-state index contributed by atoms with van der Waals surface area (Å²) in [5.74, 6) is 1.40. The van der Waals surface area contributed by atoms with E-state index < -0.39 is 0 Å². The monoisotopic (exact) mass is 425 g/mol. The Morgan fingerprint density at radius 2 is 1.81 bits per heavy atom. The van der Waals surface area contributed by atoms with Crippen LogP contribution in [0, 0.1) is 5.92 Å². The first kappa shape index (κ1) is 20.3. The highest BCUT2D eigenvalue weighted by atomic mass is 16.3. The third-order valence-corrected chi connectivity index (χ3v) is 6.32. The van der Waals surface area contributed by atoms with Crippen LogP contribution in [0.15, 0.2) is 83.5 Å². The lowest BCUT2D eigenvalue weighted by atomic mass is 9.93. The fourth-order valence-electron chi connectivity index (χ4n) is 4.46. The molecule has 0 radical (unpaired) electrons. The van der Waals surface area contributed by atoms with Gasteiger partial charge in [-0.3, -0.25) is 9.78 Å². The SMILES string of the molecule is O=C(NCCC1CCN(c2ccncc2)CC1)c1cccc(-c2cc3ccccc3o2)c1. The van der Waals surface area contributed by atoms with Crippen molar-refractivity contribution in [3.8, 4) is 11.3 Å². The van der Waals surface area contributed by atoms with E-state index in [2.05, 4.69) is 27.3 Å². The van der Waals surface area contributed by atoms with Crippen LogP contribution in [0.2, 0.25) is 0 Å². The zero-order valence-corrected chi connectivity index (χ0v) is 18.0. The molecule has 5 heteroatoms. The van der Waals surface area contributed by atoms with E-state index in [9.17, 15) is 4.79 Å². The second kappa shape index (κ2) is 9.27. The number of nitrogens with one attached hydrogen (secondary N) is 1. The molecule has 162 valence electrons. The van der Waals surface area contributed by atoms with Gasteiger partial charge in [0.25, 0.3) is 5.91 Å². The number of anilines is 1. The molecule has 0 atom stereocenters. The third kappa shape index (κ3) is 4.52. The fourth-order valence-corrected chi connectivity index (χ4v) is 4.46. The van der Waals surface area contributed by atoms with Gasteiger partial charge in [-0.2, -0.15) is 0 Å². The van der Waals surface area contributed by atoms with Gasteiger partial charge >= 0.3 is 0 Å². The summed E-state index contributed by atoms with van der Waals surface area (Å²) in [5.41, 5.74) is 3.68. The van der Waals surface area contributed by atoms with Gasteiger partial charge in [-0.05, 0) is 61.6 Å². The first-order chi connectivity index (χ1) is 15.8. The molecule has 0 bridgehead atoms. The van der Waals surface area contributed by atoms with Crippen LogP contribution in [-0.2, 0) is 0 Å². The van der Waals surface area contributed by atoms with Crippen molar-refractivity contribution in [2.24, 2.45) is 5.92 Å². The van der Waals surface area contributed by atoms with Gasteiger partial charge in [-0.1, -0.05) is 30.3 Å². The first-order valence-corrected chi connectivity index (χ1v) is 11.3. The molecule has 1 saturated heterocycles. The Bertz CT molecular complexity index is 1160. The van der Waals surface area contributed by atoms with Crippen LogP contribution in [0.3, 0.4) is 0 Å². The number of piperidine rings is 1. The summed E-state index contributed by atoms with van der Waals surface area (Å²) in [7, 11) is 0. The minimum Gasteiger partial charge on any atom is -0.456 e. The first-order valence-electron chi connectivity index (χ1n) is 11.3. The van der Waals surface area contributed by atoms with Gasteiger partial charge in [0.15, 0.2) is 0 Å². The Morgan fingerprint density at radius 3 is 2.62 bits per heavy atom. The van der Waals surface area contributed by atoms with Crippen molar-refractivity contribution in [2.75, 3.05) is 24.5 Å². The van der Waals surface area contributed by atoms with Crippen LogP contribution >= 0.6 is 0 Å². The van der Waals surface area contributed by atoms with Crippen molar-refractivity contribution >= 4 is 22.6 Å². The van der Waals surface area contributed by atoms with Gasteiger partial charge < -0.3 is 14.6 Å². The highest BCUT2D eigenvalue weighted by Crippen LogP contribution is 2.28. The Balaban J connectivity index is 1.14. The molecule has 2 aromatic heterocycles. The van der Waals surface area contributed by atoms with Crippen molar-refractivity contribution < 1.29 is 9.21 Å². The van der Waals surface area contributed by atoms with E-state index in [1.165, 1.54) is 5.69 Å². The number of hydrogen-bond acceptors (Lipinski definition) is 4. The molecule has 1 amide bonds. The summed E-state index contributed by atoms with van der Waals surface area (Å²) in [6, 6.07) is 21.7. The standard InChI is InChI=1S/C27H27N3O2/c31-27(29-15-8-20-11-16-30(17-12-20)24-9-13-28-14-10-24)23-6-3-5-21(18-23)26-19-22-4-1-2-7-25(22)32-26/h1-7,9-10,13-14,18-20H,8,11-12,15-17H2,(H,29,31). The number of rotatable bonds is 6. The second-order valence-corrected chi connectivity index (χ2v) is 8.41. The summed E-state index contributed by atoms with van der Waals surface area (Å²) in [6.07, 6.45) is 7.01. The molecule has 3 heterocycles. The predicted molar refractivity (Wildman–Crippen MR) is 128 cm³/mol. The van der Waals surface area contributed by atoms with E-state index in [1.54, 1.807) is 0 Å². The number of carbonyl (C=O) groups is 1. The maximum absolute atomic E-state index is 12.7. The number of para-hydroxylation sites is 1. The largest absolute Gasteiger partial charge is 0.456 e. The molecule has 0 spiro atoms. The molecule has 4 aromatic rings. The normalized spacial score (nSPS) is 14.6. The summed E-state index contributed by atoms with van der Waals surface area (Å²) >= 11 is 0. The van der Waals surface area contributed by atoms with Gasteiger partial charge in [0.1, 0.15) is 11.3 Å². The number of aromatic nitrogens is 1. The minimum atomic E-state index is -0.0304. The summed E-state index contributed by atoms with van der Waals surface area (Å²) < 4.78 is 5.95. The molecule has 0 saturated carbocycles. The number of amides is 1. The van der Waals surface area contributed by atoms with E-state index in [-0.39, 0.29) is 5.91 Å². The fraction of sp³-hybridized carbons (Fsp3) is 0.259. The average molecular weight is 426 g/mol. The van der Waals surface area contributed by atoms with Gasteiger partial charge in [0, 0.05) is 54.2 Å². The molecule has 0 aliphatic carbocycles. The van der Waals surface area contributed by atoms with Crippen LogP contribution in [0.25, 0.3) is 22.3 Å². The molecule has 1 aliphatic rings. The van der Waals surface area contributed by atoms with Crippen molar-refractivity contribution in [2.45, 2.75) is 19.3 Å². The molecule has 1 fully saturated rings. The molecule has 1 N–H and O–H groups in total. The Labute approximate surface area is 188 Å². The van der Waals surface area contributed by atoms with E-state index in [1.807, 2.05) is 67.0 Å². The Hall–Kier alpha value is -3.60. The molecule has 32 heavy (non-hydrogen) atoms. The lowest BCUT2D eigenvalue weighted by Gasteiger charge is -2.33. The Morgan fingerprint density at radius 1 is 1.00 bits per heavy atom. The molecular weight excluding hydrogens is 398 g/mol. The maximum Gasteiger partial charge on any atom is 0.251 e. The van der Waals surface area contributed by atoms with Crippen LogP contribution < -0.4 is 10.2 Å². The number of furan rings is 1. The lowest BCUT2D eigenvalue weighted by Crippen LogP contribution is -2.35. The van der Waals surface area contributed by atoms with E-state index >= 15 is 0 Å².